The van der Waals surface area contributed by atoms with Gasteiger partial charge in [0.25, 0.3) is 10.1 Å². The average Bonchev–Trinajstić information content (AvgIpc) is 4.05. The van der Waals surface area contributed by atoms with Crippen molar-refractivity contribution in [2.24, 2.45) is 17.8 Å². The Morgan fingerprint density at radius 1 is 0.667 bits per heavy atom. The maximum absolute atomic E-state index is 12.5. The van der Waals surface area contributed by atoms with Crippen LogP contribution in [0.25, 0.3) is 0 Å². The van der Waals surface area contributed by atoms with E-state index in [-0.39, 0.29) is 43.6 Å². The van der Waals surface area contributed by atoms with Crippen LogP contribution >= 0.6 is 18.5 Å². The van der Waals surface area contributed by atoms with E-state index in [4.69, 9.17) is 88.5 Å². The molecule has 7 rings (SSSR count). The quantitative estimate of drug-likeness (QED) is 0.0514. The Balaban J connectivity index is 0.000000228. The van der Waals surface area contributed by atoms with Gasteiger partial charge in [0.15, 0.2) is 0 Å². The molecule has 13 atom stereocenters. The molecule has 17 nitrogen and oxygen atoms in total. The highest BCUT2D eigenvalue weighted by atomic mass is 35.7. The Kier molecular flexibility index (Phi) is 19.8. The molecule has 4 aliphatic rings. The van der Waals surface area contributed by atoms with E-state index in [1.54, 1.807) is 14.2 Å². The lowest BCUT2D eigenvalue weighted by atomic mass is 9.80. The molecular formula is C44H56B4ClO17PS2. The topological polar surface area (TPSA) is 218 Å². The van der Waals surface area contributed by atoms with Crippen molar-refractivity contribution in [3.8, 4) is 11.5 Å². The van der Waals surface area contributed by atoms with Crippen molar-refractivity contribution < 1.29 is 77.8 Å². The number of methoxy groups -OCH3 is 2. The molecule has 13 unspecified atom stereocenters. The summed E-state index contributed by atoms with van der Waals surface area (Å²) in [5.74, 6) is -0.189. The summed E-state index contributed by atoms with van der Waals surface area (Å²) in [5, 5.41) is 9.28. The lowest BCUT2D eigenvalue weighted by Gasteiger charge is -2.37. The number of hydrogen-bond acceptors (Lipinski definition) is 16. The summed E-state index contributed by atoms with van der Waals surface area (Å²) in [6, 6.07) is 22.6. The molecular weight excluding hydrogens is 974 g/mol. The second-order valence-electron chi connectivity index (χ2n) is 17.4. The van der Waals surface area contributed by atoms with E-state index in [0.717, 1.165) is 16.7 Å². The Morgan fingerprint density at radius 2 is 1.14 bits per heavy atom. The van der Waals surface area contributed by atoms with Crippen LogP contribution in [0.3, 0.4) is 0 Å². The van der Waals surface area contributed by atoms with Crippen molar-refractivity contribution >= 4 is 69.1 Å². The number of phosphoric ester groups is 1. The number of benzene rings is 3. The number of aliphatic hydroxyl groups is 1. The average molecular weight is 1030 g/mol. The smallest absolute Gasteiger partial charge is 0.472 e. The normalized spacial score (nSPS) is 30.3. The molecule has 69 heavy (non-hydrogen) atoms. The van der Waals surface area contributed by atoms with E-state index in [1.165, 1.54) is 0 Å². The van der Waals surface area contributed by atoms with E-state index < -0.39 is 112 Å². The first-order valence-corrected chi connectivity index (χ1v) is 27.9. The highest BCUT2D eigenvalue weighted by Crippen LogP contribution is 2.48. The van der Waals surface area contributed by atoms with Gasteiger partial charge in [-0.1, -0.05) is 61.5 Å². The first-order chi connectivity index (χ1) is 32.6. The SMILES string of the molecule is [B]C1CC(C)C(COS(=O)(=O)CC2CC([B])OC2COP(=O)(O)OC2CC([B])OC2CO)O1.[B]C1CC(CS(=O)(=O)Cl)C(COC(c2ccccc2)(c2ccc(OC)cc2)c2ccc(OC)cc2)O1. The fraction of sp³-hybridized carbons (Fsp3) is 0.591. The van der Waals surface area contributed by atoms with Gasteiger partial charge in [0.1, 0.15) is 54.6 Å². The molecule has 0 amide bonds. The highest BCUT2D eigenvalue weighted by Gasteiger charge is 2.44. The molecule has 4 aliphatic heterocycles. The van der Waals surface area contributed by atoms with Crippen LogP contribution in [0, 0.1) is 17.8 Å². The van der Waals surface area contributed by atoms with Gasteiger partial charge in [0, 0.05) is 46.5 Å². The van der Waals surface area contributed by atoms with Crippen LogP contribution in [0.1, 0.15) is 49.3 Å². The molecule has 0 saturated carbocycles. The summed E-state index contributed by atoms with van der Waals surface area (Å²) in [7, 11) is 19.7. The summed E-state index contributed by atoms with van der Waals surface area (Å²) in [6.45, 7) is 0.944. The number of rotatable bonds is 21. The van der Waals surface area contributed by atoms with E-state index in [0.29, 0.717) is 24.3 Å². The Labute approximate surface area is 414 Å². The van der Waals surface area contributed by atoms with Gasteiger partial charge in [-0.05, 0) is 72.6 Å². The van der Waals surface area contributed by atoms with Gasteiger partial charge < -0.3 is 43.2 Å². The lowest BCUT2D eigenvalue weighted by Crippen LogP contribution is -2.37. The van der Waals surface area contributed by atoms with Crippen molar-refractivity contribution in [3.05, 3.63) is 95.6 Å². The zero-order chi connectivity index (χ0) is 50.1. The predicted molar refractivity (Wildman–Crippen MR) is 258 cm³/mol. The van der Waals surface area contributed by atoms with Gasteiger partial charge in [-0.15, -0.1) is 0 Å². The molecule has 4 fully saturated rings. The fourth-order valence-corrected chi connectivity index (χ4v) is 12.5. The van der Waals surface area contributed by atoms with Crippen LogP contribution in [0.15, 0.2) is 78.9 Å². The van der Waals surface area contributed by atoms with Gasteiger partial charge in [-0.25, -0.2) is 13.0 Å². The minimum Gasteiger partial charge on any atom is -0.497 e. The van der Waals surface area contributed by atoms with Gasteiger partial charge in [0.2, 0.25) is 9.05 Å². The van der Waals surface area contributed by atoms with Crippen LogP contribution in [0.4, 0.5) is 0 Å². The van der Waals surface area contributed by atoms with E-state index in [9.17, 15) is 31.4 Å². The molecule has 2 N–H and O–H groups in total. The van der Waals surface area contributed by atoms with Crippen LogP contribution < -0.4 is 9.47 Å². The lowest BCUT2D eigenvalue weighted by molar-refractivity contribution is -0.0585. The van der Waals surface area contributed by atoms with Crippen LogP contribution in [-0.4, -0.2) is 165 Å². The number of aliphatic hydroxyl groups excluding tert-OH is 1. The molecule has 0 aromatic heterocycles. The molecule has 25 heteroatoms. The number of phosphoric acid groups is 1. The second kappa shape index (κ2) is 24.5. The molecule has 4 saturated heterocycles. The third-order valence-electron chi connectivity index (χ3n) is 12.4. The van der Waals surface area contributed by atoms with Gasteiger partial charge >= 0.3 is 7.82 Å². The Bertz CT molecular complexity index is 2320. The third-order valence-corrected chi connectivity index (χ3v) is 15.9. The van der Waals surface area contributed by atoms with Crippen molar-refractivity contribution in [2.45, 2.75) is 92.7 Å². The highest BCUT2D eigenvalue weighted by molar-refractivity contribution is 8.13. The van der Waals surface area contributed by atoms with Crippen LogP contribution in [0.5, 0.6) is 11.5 Å². The maximum Gasteiger partial charge on any atom is 0.472 e. The summed E-state index contributed by atoms with van der Waals surface area (Å²) in [5.41, 5.74) is 1.58. The van der Waals surface area contributed by atoms with Crippen molar-refractivity contribution in [2.75, 3.05) is 52.2 Å². The van der Waals surface area contributed by atoms with Crippen LogP contribution in [0.2, 0.25) is 0 Å². The number of hydrogen-bond donors (Lipinski definition) is 2. The molecule has 3 aromatic rings. The standard InChI is InChI=1S/C27H28BClO6S.C17H28B3O11PS/c1-32-23-12-8-21(9-13-23)27(20-6-4-3-5-7-20,22-10-14-24(33-2)15-11-22)34-17-25-19(16-26(28)35-25)18-36(29,30)31;1-9-2-15(18)29-13(9)7-27-33(24,25)8-10-3-16(19)30-14(10)6-26-32(22,23)31-11-4-17(20)28-12(11)5-21/h3-15,19,25-26H,16-18H2,1-2H3;9-17,21H,2-8H2,1H3,(H,22,23). The zero-order valence-electron chi connectivity index (χ0n) is 38.5. The van der Waals surface area contributed by atoms with Crippen molar-refractivity contribution in [1.29, 1.82) is 0 Å². The molecule has 0 spiro atoms. The molecule has 370 valence electrons. The van der Waals surface area contributed by atoms with E-state index in [2.05, 4.69) is 0 Å². The van der Waals surface area contributed by atoms with Crippen LogP contribution in [-0.2, 0) is 66.2 Å². The Hall–Kier alpha value is -2.46. The Morgan fingerprint density at radius 3 is 1.65 bits per heavy atom. The summed E-state index contributed by atoms with van der Waals surface area (Å²) >= 11 is 0. The van der Waals surface area contributed by atoms with Gasteiger partial charge in [-0.2, -0.15) is 8.42 Å². The van der Waals surface area contributed by atoms with Crippen molar-refractivity contribution in [1.82, 2.24) is 0 Å². The minimum absolute atomic E-state index is 0.0588. The molecule has 0 aliphatic carbocycles. The predicted octanol–water partition coefficient (Wildman–Crippen LogP) is 3.41. The zero-order valence-corrected chi connectivity index (χ0v) is 41.8. The summed E-state index contributed by atoms with van der Waals surface area (Å²) in [4.78, 5) is 10.1. The van der Waals surface area contributed by atoms with Gasteiger partial charge in [0.05, 0.1) is 76.6 Å². The largest absolute Gasteiger partial charge is 0.497 e. The van der Waals surface area contributed by atoms with Gasteiger partial charge in [-0.3, -0.25) is 13.2 Å². The minimum atomic E-state index is -4.59. The molecule has 3 aromatic carbocycles. The third kappa shape index (κ3) is 15.5. The fourth-order valence-electron chi connectivity index (χ4n) is 8.93. The summed E-state index contributed by atoms with van der Waals surface area (Å²) in [6.07, 6.45) is -2.39. The molecule has 0 bridgehead atoms. The second-order valence-corrected chi connectivity index (χ2v) is 23.3. The van der Waals surface area contributed by atoms with E-state index in [1.807, 2.05) is 85.8 Å². The molecule has 4 heterocycles. The number of ether oxygens (including phenoxy) is 7. The first-order valence-electron chi connectivity index (χ1n) is 22.3. The van der Waals surface area contributed by atoms with E-state index >= 15 is 0 Å². The first kappa shape index (κ1) is 55.8. The number of halogens is 1. The van der Waals surface area contributed by atoms with Crippen molar-refractivity contribution in [3.63, 3.8) is 0 Å². The molecule has 8 radical (unpaired) electrons. The monoisotopic (exact) mass is 1030 g/mol. The maximum atomic E-state index is 12.5. The summed E-state index contributed by atoms with van der Waals surface area (Å²) < 4.78 is 116.